The molecule has 0 atom stereocenters. The van der Waals surface area contributed by atoms with Crippen molar-refractivity contribution in [1.29, 1.82) is 0 Å². The molecule has 122 valence electrons. The van der Waals surface area contributed by atoms with Gasteiger partial charge in [-0.25, -0.2) is 0 Å². The van der Waals surface area contributed by atoms with Crippen molar-refractivity contribution in [3.05, 3.63) is 71.8 Å². The molecule has 0 aromatic heterocycles. The van der Waals surface area contributed by atoms with Crippen molar-refractivity contribution in [2.24, 2.45) is 11.1 Å². The van der Waals surface area contributed by atoms with E-state index < -0.39 is 0 Å². The van der Waals surface area contributed by atoms with Gasteiger partial charge in [-0.15, -0.1) is 0 Å². The minimum atomic E-state index is -0.132. The van der Waals surface area contributed by atoms with Crippen LogP contribution in [0.5, 0.6) is 0 Å². The SMILES string of the molecule is CCCCCC(Cc1ccccc1)(Cc1ccccc1)C(N)=S. The number of hydrogen-bond donors (Lipinski definition) is 1. The number of nitrogens with two attached hydrogens (primary N) is 1. The fourth-order valence-electron chi connectivity index (χ4n) is 3.22. The molecule has 2 N–H and O–H groups in total. The average molecular weight is 326 g/mol. The Balaban J connectivity index is 2.27. The molecule has 2 heteroatoms. The first-order valence-electron chi connectivity index (χ1n) is 8.54. The van der Waals surface area contributed by atoms with Crippen LogP contribution in [0.25, 0.3) is 0 Å². The molecule has 0 saturated carbocycles. The van der Waals surface area contributed by atoms with Crippen LogP contribution in [0.15, 0.2) is 60.7 Å². The highest BCUT2D eigenvalue weighted by molar-refractivity contribution is 7.80. The molecule has 2 aromatic rings. The molecule has 23 heavy (non-hydrogen) atoms. The van der Waals surface area contributed by atoms with Crippen LogP contribution in [0.1, 0.15) is 43.7 Å². The maximum absolute atomic E-state index is 6.28. The molecule has 0 unspecified atom stereocenters. The van der Waals surface area contributed by atoms with E-state index in [2.05, 4.69) is 67.6 Å². The largest absolute Gasteiger partial charge is 0.393 e. The maximum Gasteiger partial charge on any atom is 0.0796 e. The molecule has 0 fully saturated rings. The average Bonchev–Trinajstić information content (AvgIpc) is 2.56. The van der Waals surface area contributed by atoms with E-state index in [-0.39, 0.29) is 5.41 Å². The van der Waals surface area contributed by atoms with Crippen LogP contribution in [0.4, 0.5) is 0 Å². The first kappa shape index (κ1) is 17.7. The second-order valence-electron chi connectivity index (χ2n) is 6.43. The lowest BCUT2D eigenvalue weighted by Crippen LogP contribution is -2.39. The van der Waals surface area contributed by atoms with Gasteiger partial charge in [-0.2, -0.15) is 0 Å². The van der Waals surface area contributed by atoms with E-state index in [1.165, 1.54) is 30.4 Å². The topological polar surface area (TPSA) is 26.0 Å². The van der Waals surface area contributed by atoms with E-state index in [9.17, 15) is 0 Å². The fourth-order valence-corrected chi connectivity index (χ4v) is 3.47. The molecule has 0 saturated heterocycles. The smallest absolute Gasteiger partial charge is 0.0796 e. The summed E-state index contributed by atoms with van der Waals surface area (Å²) in [6, 6.07) is 21.2. The van der Waals surface area contributed by atoms with E-state index in [0.717, 1.165) is 19.3 Å². The second-order valence-corrected chi connectivity index (χ2v) is 6.87. The third kappa shape index (κ3) is 5.18. The van der Waals surface area contributed by atoms with Crippen molar-refractivity contribution < 1.29 is 0 Å². The summed E-state index contributed by atoms with van der Waals surface area (Å²) in [6.45, 7) is 2.23. The van der Waals surface area contributed by atoms with Gasteiger partial charge in [-0.1, -0.05) is 99.1 Å². The fraction of sp³-hybridized carbons (Fsp3) is 0.381. The van der Waals surface area contributed by atoms with Gasteiger partial charge in [-0.05, 0) is 30.4 Å². The molecule has 0 spiro atoms. The zero-order valence-corrected chi connectivity index (χ0v) is 14.8. The summed E-state index contributed by atoms with van der Waals surface area (Å²) in [5.74, 6) is 0. The number of rotatable bonds is 9. The normalized spacial score (nSPS) is 11.3. The molecule has 0 aliphatic carbocycles. The quantitative estimate of drug-likeness (QED) is 0.498. The highest BCUT2D eigenvalue weighted by Gasteiger charge is 2.33. The van der Waals surface area contributed by atoms with Crippen LogP contribution in [0, 0.1) is 5.41 Å². The van der Waals surface area contributed by atoms with Gasteiger partial charge in [-0.3, -0.25) is 0 Å². The van der Waals surface area contributed by atoms with E-state index in [1.807, 2.05) is 0 Å². The minimum absolute atomic E-state index is 0.132. The Morgan fingerprint density at radius 2 is 1.35 bits per heavy atom. The van der Waals surface area contributed by atoms with Crippen molar-refractivity contribution in [1.82, 2.24) is 0 Å². The lowest BCUT2D eigenvalue weighted by Gasteiger charge is -2.33. The van der Waals surface area contributed by atoms with Crippen molar-refractivity contribution in [3.63, 3.8) is 0 Å². The molecular weight excluding hydrogens is 298 g/mol. The van der Waals surface area contributed by atoms with Crippen LogP contribution >= 0.6 is 12.2 Å². The summed E-state index contributed by atoms with van der Waals surface area (Å²) in [7, 11) is 0. The Hall–Kier alpha value is -1.67. The van der Waals surface area contributed by atoms with Crippen molar-refractivity contribution >= 4 is 17.2 Å². The van der Waals surface area contributed by atoms with Crippen LogP contribution in [0.2, 0.25) is 0 Å². The molecule has 0 aliphatic rings. The molecule has 2 rings (SSSR count). The summed E-state index contributed by atoms with van der Waals surface area (Å²) in [5.41, 5.74) is 8.77. The van der Waals surface area contributed by atoms with Crippen LogP contribution in [-0.4, -0.2) is 4.99 Å². The molecule has 2 aromatic carbocycles. The zero-order valence-electron chi connectivity index (χ0n) is 14.0. The predicted octanol–water partition coefficient (Wildman–Crippen LogP) is 5.32. The maximum atomic E-state index is 6.28. The second kappa shape index (κ2) is 8.83. The molecule has 0 radical (unpaired) electrons. The molecule has 1 nitrogen and oxygen atoms in total. The van der Waals surface area contributed by atoms with Gasteiger partial charge in [0.2, 0.25) is 0 Å². The lowest BCUT2D eigenvalue weighted by atomic mass is 9.73. The van der Waals surface area contributed by atoms with E-state index in [0.29, 0.717) is 4.99 Å². The van der Waals surface area contributed by atoms with Gasteiger partial charge in [0.05, 0.1) is 4.99 Å². The van der Waals surface area contributed by atoms with Crippen LogP contribution in [0.3, 0.4) is 0 Å². The highest BCUT2D eigenvalue weighted by atomic mass is 32.1. The van der Waals surface area contributed by atoms with E-state index in [1.54, 1.807) is 0 Å². The standard InChI is InChI=1S/C21H27NS/c1-2-3-10-15-21(20(22)23,16-18-11-6-4-7-12-18)17-19-13-8-5-9-14-19/h4-9,11-14H,2-3,10,15-17H2,1H3,(H2,22,23). The summed E-state index contributed by atoms with van der Waals surface area (Å²) >= 11 is 5.55. The third-order valence-electron chi connectivity index (χ3n) is 4.55. The van der Waals surface area contributed by atoms with Gasteiger partial charge in [0.25, 0.3) is 0 Å². The zero-order chi connectivity index (χ0) is 16.5. The Bertz CT molecular complexity index is 550. The summed E-state index contributed by atoms with van der Waals surface area (Å²) < 4.78 is 0. The molecule has 0 aliphatic heterocycles. The van der Waals surface area contributed by atoms with E-state index >= 15 is 0 Å². The predicted molar refractivity (Wildman–Crippen MR) is 104 cm³/mol. The highest BCUT2D eigenvalue weighted by Crippen LogP contribution is 2.34. The number of thiocarbonyl (C=S) groups is 1. The van der Waals surface area contributed by atoms with Gasteiger partial charge in [0.1, 0.15) is 0 Å². The minimum Gasteiger partial charge on any atom is -0.393 e. The van der Waals surface area contributed by atoms with Crippen molar-refractivity contribution in [2.75, 3.05) is 0 Å². The number of hydrogen-bond acceptors (Lipinski definition) is 1. The van der Waals surface area contributed by atoms with Gasteiger partial charge in [0.15, 0.2) is 0 Å². The summed E-state index contributed by atoms with van der Waals surface area (Å²) in [4.78, 5) is 0.654. The van der Waals surface area contributed by atoms with Gasteiger partial charge < -0.3 is 5.73 Å². The summed E-state index contributed by atoms with van der Waals surface area (Å²) in [6.07, 6.45) is 6.51. The monoisotopic (exact) mass is 325 g/mol. The third-order valence-corrected chi connectivity index (χ3v) is 4.99. The first-order chi connectivity index (χ1) is 11.2. The van der Waals surface area contributed by atoms with Crippen LogP contribution < -0.4 is 5.73 Å². The van der Waals surface area contributed by atoms with Gasteiger partial charge >= 0.3 is 0 Å². The Labute approximate surface area is 145 Å². The Kier molecular flexibility index (Phi) is 6.79. The lowest BCUT2D eigenvalue weighted by molar-refractivity contribution is 0.364. The van der Waals surface area contributed by atoms with Crippen LogP contribution in [-0.2, 0) is 12.8 Å². The van der Waals surface area contributed by atoms with Crippen molar-refractivity contribution in [3.8, 4) is 0 Å². The molecular formula is C21H27NS. The van der Waals surface area contributed by atoms with E-state index in [4.69, 9.17) is 18.0 Å². The summed E-state index contributed by atoms with van der Waals surface area (Å²) in [5, 5.41) is 0. The molecule has 0 amide bonds. The molecule has 0 bridgehead atoms. The Morgan fingerprint density at radius 1 is 0.870 bits per heavy atom. The first-order valence-corrected chi connectivity index (χ1v) is 8.95. The van der Waals surface area contributed by atoms with Gasteiger partial charge in [0, 0.05) is 5.41 Å². The number of unbranched alkanes of at least 4 members (excludes halogenated alkanes) is 2. The number of benzene rings is 2. The van der Waals surface area contributed by atoms with Crippen molar-refractivity contribution in [2.45, 2.75) is 45.4 Å². The molecule has 0 heterocycles. The Morgan fingerprint density at radius 3 is 1.74 bits per heavy atom.